The number of phenolic OH excluding ortho intramolecular Hbond substituents is 2. The zero-order chi connectivity index (χ0) is 8.27. The van der Waals surface area contributed by atoms with Gasteiger partial charge < -0.3 is 14.9 Å². The maximum Gasteiger partial charge on any atom is 0.257 e. The maximum absolute atomic E-state index is 9.02. The van der Waals surface area contributed by atoms with E-state index in [9.17, 15) is 0 Å². The van der Waals surface area contributed by atoms with Crippen LogP contribution in [0.2, 0.25) is 0 Å². The Morgan fingerprint density at radius 2 is 2.00 bits per heavy atom. The van der Waals surface area contributed by atoms with Gasteiger partial charge in [0.05, 0.1) is 6.61 Å². The molecule has 0 radical (unpaired) electrons. The maximum atomic E-state index is 9.02. The van der Waals surface area contributed by atoms with Gasteiger partial charge in [0.1, 0.15) is 0 Å². The fraction of sp³-hybridized carbons (Fsp3) is 0.143. The molecule has 0 unspecified atom stereocenters. The first-order valence-electron chi connectivity index (χ1n) is 3.24. The first-order chi connectivity index (χ1) is 5.24. The molecule has 0 saturated carbocycles. The van der Waals surface area contributed by atoms with Gasteiger partial charge in [-0.05, 0) is 17.7 Å². The first kappa shape index (κ1) is 7.95. The molecule has 0 aromatic heterocycles. The van der Waals surface area contributed by atoms with Gasteiger partial charge in [-0.3, -0.25) is 0 Å². The van der Waals surface area contributed by atoms with E-state index in [1.807, 2.05) is 0 Å². The van der Waals surface area contributed by atoms with E-state index in [0.29, 0.717) is 6.61 Å². The zero-order valence-corrected chi connectivity index (χ0v) is 6.24. The van der Waals surface area contributed by atoms with Crippen molar-refractivity contribution in [1.82, 2.24) is 0 Å². The third-order valence-electron chi connectivity index (χ3n) is 1.35. The fourth-order valence-electron chi connectivity index (χ4n) is 0.825. The molecule has 0 bridgehead atoms. The molecule has 0 spiro atoms. The number of benzene rings is 1. The second-order valence-corrected chi connectivity index (χ2v) is 2.26. The van der Waals surface area contributed by atoms with Crippen molar-refractivity contribution in [2.24, 2.45) is 0 Å². The molecular formula is C7H9BO3. The minimum absolute atomic E-state index is 0.107. The zero-order valence-electron chi connectivity index (χ0n) is 6.24. The molecule has 1 aromatic rings. The molecule has 0 aliphatic carbocycles. The lowest BCUT2D eigenvalue weighted by Gasteiger charge is -2.01. The number of rotatable bonds is 2. The molecule has 0 atom stereocenters. The Hall–Kier alpha value is -1.16. The largest absolute Gasteiger partial charge is 0.504 e. The quantitative estimate of drug-likeness (QED) is 0.468. The van der Waals surface area contributed by atoms with Crippen LogP contribution in [0.1, 0.15) is 5.56 Å². The summed E-state index contributed by atoms with van der Waals surface area (Å²) in [5.41, 5.74) is 0.836. The minimum atomic E-state index is -0.112. The van der Waals surface area contributed by atoms with Crippen LogP contribution in [0.25, 0.3) is 0 Å². The van der Waals surface area contributed by atoms with E-state index in [2.05, 4.69) is 0 Å². The summed E-state index contributed by atoms with van der Waals surface area (Å²) in [6.45, 7) is 0.438. The van der Waals surface area contributed by atoms with Crippen molar-refractivity contribution in [3.8, 4) is 11.5 Å². The van der Waals surface area contributed by atoms with Crippen molar-refractivity contribution < 1.29 is 14.9 Å². The van der Waals surface area contributed by atoms with Crippen LogP contribution in [0.5, 0.6) is 11.5 Å². The molecule has 4 heteroatoms. The van der Waals surface area contributed by atoms with Crippen LogP contribution in [0, 0.1) is 0 Å². The number of hydrogen-bond acceptors (Lipinski definition) is 3. The van der Waals surface area contributed by atoms with Crippen molar-refractivity contribution in [3.63, 3.8) is 0 Å². The molecule has 0 aliphatic heterocycles. The van der Waals surface area contributed by atoms with Gasteiger partial charge in [0.15, 0.2) is 11.5 Å². The average molecular weight is 152 g/mol. The lowest BCUT2D eigenvalue weighted by molar-refractivity contribution is 0.336. The Balaban J connectivity index is 2.86. The second-order valence-electron chi connectivity index (χ2n) is 2.26. The van der Waals surface area contributed by atoms with Gasteiger partial charge in [-0.15, -0.1) is 0 Å². The van der Waals surface area contributed by atoms with Gasteiger partial charge >= 0.3 is 0 Å². The van der Waals surface area contributed by atoms with Crippen molar-refractivity contribution >= 4 is 8.05 Å². The molecule has 0 fully saturated rings. The summed E-state index contributed by atoms with van der Waals surface area (Å²) in [6.07, 6.45) is 0. The van der Waals surface area contributed by atoms with Gasteiger partial charge in [-0.25, -0.2) is 0 Å². The Bertz CT molecular complexity index is 249. The van der Waals surface area contributed by atoms with E-state index < -0.39 is 0 Å². The molecule has 0 heterocycles. The monoisotopic (exact) mass is 152 g/mol. The topological polar surface area (TPSA) is 49.7 Å². The van der Waals surface area contributed by atoms with Gasteiger partial charge in [0.2, 0.25) is 0 Å². The number of aromatic hydroxyl groups is 2. The van der Waals surface area contributed by atoms with E-state index in [1.54, 1.807) is 14.1 Å². The van der Waals surface area contributed by atoms with Crippen LogP contribution in [-0.4, -0.2) is 18.3 Å². The Labute approximate surface area is 65.7 Å². The van der Waals surface area contributed by atoms with E-state index in [0.717, 1.165) is 5.56 Å². The van der Waals surface area contributed by atoms with Gasteiger partial charge in [0, 0.05) is 0 Å². The predicted molar refractivity (Wildman–Crippen MR) is 43.1 cm³/mol. The van der Waals surface area contributed by atoms with Gasteiger partial charge in [-0.1, -0.05) is 6.07 Å². The highest BCUT2D eigenvalue weighted by atomic mass is 16.4. The molecule has 3 nitrogen and oxygen atoms in total. The van der Waals surface area contributed by atoms with Crippen molar-refractivity contribution in [3.05, 3.63) is 23.8 Å². The summed E-state index contributed by atoms with van der Waals surface area (Å²) in [7, 11) is 1.57. The molecule has 1 rings (SSSR count). The summed E-state index contributed by atoms with van der Waals surface area (Å²) >= 11 is 0. The van der Waals surface area contributed by atoms with Crippen molar-refractivity contribution in [2.75, 3.05) is 0 Å². The van der Waals surface area contributed by atoms with Crippen molar-refractivity contribution in [2.45, 2.75) is 6.61 Å². The van der Waals surface area contributed by atoms with Crippen LogP contribution >= 0.6 is 0 Å². The molecule has 2 N–H and O–H groups in total. The summed E-state index contributed by atoms with van der Waals surface area (Å²) in [5.74, 6) is -0.218. The summed E-state index contributed by atoms with van der Waals surface area (Å²) in [4.78, 5) is 0. The van der Waals surface area contributed by atoms with Gasteiger partial charge in [-0.2, -0.15) is 0 Å². The van der Waals surface area contributed by atoms with Crippen LogP contribution in [0.4, 0.5) is 0 Å². The molecule has 58 valence electrons. The SMILES string of the molecule is BOCc1ccc(O)c(O)c1. The summed E-state index contributed by atoms with van der Waals surface area (Å²) < 4.78 is 4.83. The van der Waals surface area contributed by atoms with Crippen LogP contribution in [0.15, 0.2) is 18.2 Å². The highest BCUT2D eigenvalue weighted by molar-refractivity contribution is 5.97. The average Bonchev–Trinajstić information content (AvgIpc) is 1.98. The molecule has 0 amide bonds. The fourth-order valence-corrected chi connectivity index (χ4v) is 0.825. The highest BCUT2D eigenvalue weighted by Gasteiger charge is 1.98. The first-order valence-corrected chi connectivity index (χ1v) is 3.24. The third-order valence-corrected chi connectivity index (χ3v) is 1.35. The Kier molecular flexibility index (Phi) is 2.38. The van der Waals surface area contributed by atoms with E-state index in [1.165, 1.54) is 12.1 Å². The normalized spacial score (nSPS) is 9.82. The van der Waals surface area contributed by atoms with Crippen LogP contribution in [-0.2, 0) is 11.3 Å². The summed E-state index contributed by atoms with van der Waals surface area (Å²) in [5, 5.41) is 17.9. The van der Waals surface area contributed by atoms with Crippen LogP contribution < -0.4 is 0 Å². The van der Waals surface area contributed by atoms with Gasteiger partial charge in [0.25, 0.3) is 8.05 Å². The predicted octanol–water partition coefficient (Wildman–Crippen LogP) is 0.162. The second kappa shape index (κ2) is 3.30. The van der Waals surface area contributed by atoms with Crippen molar-refractivity contribution in [1.29, 1.82) is 0 Å². The minimum Gasteiger partial charge on any atom is -0.504 e. The lowest BCUT2D eigenvalue weighted by atomic mass is 10.2. The Morgan fingerprint density at radius 1 is 1.27 bits per heavy atom. The van der Waals surface area contributed by atoms with E-state index in [-0.39, 0.29) is 11.5 Å². The molecule has 11 heavy (non-hydrogen) atoms. The van der Waals surface area contributed by atoms with E-state index >= 15 is 0 Å². The molecule has 0 aliphatic rings. The lowest BCUT2D eigenvalue weighted by Crippen LogP contribution is -1.87. The number of phenols is 2. The smallest absolute Gasteiger partial charge is 0.257 e. The molecule has 0 saturated heterocycles. The van der Waals surface area contributed by atoms with Crippen LogP contribution in [0.3, 0.4) is 0 Å². The summed E-state index contributed by atoms with van der Waals surface area (Å²) in [6, 6.07) is 4.60. The standard InChI is InChI=1S/C7H9BO3/c8-11-4-5-1-2-6(9)7(10)3-5/h1-3,9-10H,4,8H2. The molecule has 1 aromatic carbocycles. The Morgan fingerprint density at radius 3 is 2.55 bits per heavy atom. The molecular weight excluding hydrogens is 143 g/mol. The number of hydrogen-bond donors (Lipinski definition) is 2. The third kappa shape index (κ3) is 1.88. The highest BCUT2D eigenvalue weighted by Crippen LogP contribution is 2.24. The van der Waals surface area contributed by atoms with E-state index in [4.69, 9.17) is 14.9 Å².